The molecule has 1 aliphatic rings. The second-order valence-corrected chi connectivity index (χ2v) is 4.34. The fraction of sp³-hybridized carbons (Fsp3) is 0. The van der Waals surface area contributed by atoms with Crippen LogP contribution in [0.2, 0.25) is 0 Å². The van der Waals surface area contributed by atoms with Crippen LogP contribution in [0.5, 0.6) is 0 Å². The normalized spacial score (nSPS) is 15.9. The lowest BCUT2D eigenvalue weighted by Crippen LogP contribution is -2.14. The van der Waals surface area contributed by atoms with Crippen molar-refractivity contribution in [1.29, 1.82) is 0 Å². The topological polar surface area (TPSA) is 53.5 Å². The quantitative estimate of drug-likeness (QED) is 0.836. The number of nitrogens with one attached hydrogen (secondary N) is 2. The Morgan fingerprint density at radius 2 is 1.60 bits per heavy atom. The van der Waals surface area contributed by atoms with Crippen molar-refractivity contribution in [3.63, 3.8) is 0 Å². The number of hydrazone groups is 1. The largest absolute Gasteiger partial charge is 0.361 e. The molecule has 0 spiro atoms. The van der Waals surface area contributed by atoms with Crippen LogP contribution in [0, 0.1) is 0 Å². The van der Waals surface area contributed by atoms with E-state index in [2.05, 4.69) is 15.8 Å². The van der Waals surface area contributed by atoms with Gasteiger partial charge in [0.2, 0.25) is 0 Å². The van der Waals surface area contributed by atoms with Crippen molar-refractivity contribution in [2.24, 2.45) is 5.10 Å². The summed E-state index contributed by atoms with van der Waals surface area (Å²) >= 11 is 0. The molecule has 1 amide bonds. The Kier molecular flexibility index (Phi) is 3.29. The van der Waals surface area contributed by atoms with Gasteiger partial charge in [0.15, 0.2) is 0 Å². The third-order valence-electron chi connectivity index (χ3n) is 2.97. The molecule has 0 radical (unpaired) electrons. The molecule has 3 rings (SSSR count). The van der Waals surface area contributed by atoms with Crippen molar-refractivity contribution in [3.8, 4) is 0 Å². The van der Waals surface area contributed by atoms with Crippen molar-refractivity contribution in [2.75, 3.05) is 5.32 Å². The van der Waals surface area contributed by atoms with E-state index in [1.54, 1.807) is 6.20 Å². The molecule has 0 unspecified atom stereocenters. The second kappa shape index (κ2) is 5.40. The smallest absolute Gasteiger partial charge is 0.275 e. The lowest BCUT2D eigenvalue weighted by molar-refractivity contribution is -0.116. The Balaban J connectivity index is 1.87. The Morgan fingerprint density at radius 1 is 0.950 bits per heavy atom. The highest BCUT2D eigenvalue weighted by atomic mass is 16.2. The maximum atomic E-state index is 11.8. The summed E-state index contributed by atoms with van der Waals surface area (Å²) in [5, 5.41) is 7.20. The lowest BCUT2D eigenvalue weighted by Gasteiger charge is -2.03. The van der Waals surface area contributed by atoms with E-state index in [0.29, 0.717) is 11.3 Å². The molecule has 1 aliphatic heterocycles. The molecule has 4 nitrogen and oxygen atoms in total. The number of anilines is 1. The Hall–Kier alpha value is -2.88. The molecule has 0 saturated carbocycles. The van der Waals surface area contributed by atoms with Crippen LogP contribution in [-0.2, 0) is 4.79 Å². The highest BCUT2D eigenvalue weighted by molar-refractivity contribution is 6.30. The number of amides is 1. The van der Waals surface area contributed by atoms with E-state index in [0.717, 1.165) is 11.3 Å². The third kappa shape index (κ3) is 2.44. The summed E-state index contributed by atoms with van der Waals surface area (Å²) in [6.07, 6.45) is 1.68. The van der Waals surface area contributed by atoms with Crippen LogP contribution in [0.4, 0.5) is 5.69 Å². The molecule has 4 heteroatoms. The van der Waals surface area contributed by atoms with E-state index in [1.165, 1.54) is 0 Å². The average molecular weight is 263 g/mol. The van der Waals surface area contributed by atoms with E-state index < -0.39 is 0 Å². The summed E-state index contributed by atoms with van der Waals surface area (Å²) in [4.78, 5) is 11.8. The molecule has 2 N–H and O–H groups in total. The zero-order valence-electron chi connectivity index (χ0n) is 10.7. The van der Waals surface area contributed by atoms with Crippen LogP contribution >= 0.6 is 0 Å². The van der Waals surface area contributed by atoms with Gasteiger partial charge in [-0.3, -0.25) is 4.79 Å². The number of carbonyl (C=O) groups excluding carboxylic acids is 1. The zero-order chi connectivity index (χ0) is 13.8. The Labute approximate surface area is 116 Å². The minimum atomic E-state index is -0.202. The number of hydrogen-bond donors (Lipinski definition) is 2. The molecular weight excluding hydrogens is 250 g/mol. The first kappa shape index (κ1) is 12.2. The highest BCUT2D eigenvalue weighted by Gasteiger charge is 2.23. The predicted molar refractivity (Wildman–Crippen MR) is 79.3 cm³/mol. The molecule has 0 aromatic heterocycles. The van der Waals surface area contributed by atoms with E-state index >= 15 is 0 Å². The standard InChI is InChI=1S/C16H13N3O/c20-16-14(11-17-13-9-5-2-6-10-13)15(18-19-16)12-7-3-1-4-8-12/h1-11,17H,(H,19,20)/b14-11-. The van der Waals surface area contributed by atoms with E-state index in [4.69, 9.17) is 0 Å². The zero-order valence-corrected chi connectivity index (χ0v) is 10.7. The molecule has 98 valence electrons. The van der Waals surface area contributed by atoms with Crippen LogP contribution in [-0.4, -0.2) is 11.6 Å². The summed E-state index contributed by atoms with van der Waals surface area (Å²) in [6, 6.07) is 19.3. The summed E-state index contributed by atoms with van der Waals surface area (Å²) in [7, 11) is 0. The lowest BCUT2D eigenvalue weighted by atomic mass is 10.0. The first-order valence-corrected chi connectivity index (χ1v) is 6.30. The molecule has 1 heterocycles. The molecule has 20 heavy (non-hydrogen) atoms. The van der Waals surface area contributed by atoms with Gasteiger partial charge in [-0.15, -0.1) is 0 Å². The minimum absolute atomic E-state index is 0.202. The van der Waals surface area contributed by atoms with Gasteiger partial charge in [0, 0.05) is 17.5 Å². The Bertz CT molecular complexity index is 675. The molecule has 2 aromatic rings. The van der Waals surface area contributed by atoms with Crippen molar-refractivity contribution >= 4 is 17.3 Å². The van der Waals surface area contributed by atoms with Gasteiger partial charge >= 0.3 is 0 Å². The number of nitrogens with zero attached hydrogens (tertiary/aromatic N) is 1. The van der Waals surface area contributed by atoms with Crippen LogP contribution in [0.15, 0.2) is 77.5 Å². The summed E-state index contributed by atoms with van der Waals surface area (Å²) in [6.45, 7) is 0. The first-order valence-electron chi connectivity index (χ1n) is 6.30. The van der Waals surface area contributed by atoms with Crippen molar-refractivity contribution in [2.45, 2.75) is 0 Å². The van der Waals surface area contributed by atoms with Gasteiger partial charge in [-0.1, -0.05) is 48.5 Å². The fourth-order valence-electron chi connectivity index (χ4n) is 1.97. The monoisotopic (exact) mass is 263 g/mol. The van der Waals surface area contributed by atoms with Gasteiger partial charge in [0.05, 0.1) is 5.57 Å². The van der Waals surface area contributed by atoms with Gasteiger partial charge < -0.3 is 5.32 Å². The highest BCUT2D eigenvalue weighted by Crippen LogP contribution is 2.15. The van der Waals surface area contributed by atoms with Gasteiger partial charge in [0.1, 0.15) is 5.71 Å². The molecule has 0 aliphatic carbocycles. The van der Waals surface area contributed by atoms with Crippen LogP contribution in [0.1, 0.15) is 5.56 Å². The van der Waals surface area contributed by atoms with Gasteiger partial charge in [-0.25, -0.2) is 5.43 Å². The van der Waals surface area contributed by atoms with Gasteiger partial charge in [0.25, 0.3) is 5.91 Å². The van der Waals surface area contributed by atoms with Crippen molar-refractivity contribution in [3.05, 3.63) is 78.0 Å². The number of para-hydroxylation sites is 1. The van der Waals surface area contributed by atoms with E-state index in [9.17, 15) is 4.79 Å². The SMILES string of the molecule is O=C1NN=C(c2ccccc2)/C1=C/Nc1ccccc1. The van der Waals surface area contributed by atoms with Crippen LogP contribution < -0.4 is 10.7 Å². The Morgan fingerprint density at radius 3 is 2.30 bits per heavy atom. The average Bonchev–Trinajstić information content (AvgIpc) is 2.88. The number of hydrogen-bond acceptors (Lipinski definition) is 3. The molecule has 2 aromatic carbocycles. The molecule has 0 atom stereocenters. The van der Waals surface area contributed by atoms with E-state index in [1.807, 2.05) is 60.7 Å². The number of carbonyl (C=O) groups is 1. The summed E-state index contributed by atoms with van der Waals surface area (Å²) < 4.78 is 0. The van der Waals surface area contributed by atoms with Crippen LogP contribution in [0.3, 0.4) is 0 Å². The van der Waals surface area contributed by atoms with Gasteiger partial charge in [-0.05, 0) is 12.1 Å². The predicted octanol–water partition coefficient (Wildman–Crippen LogP) is 2.52. The second-order valence-electron chi connectivity index (χ2n) is 4.34. The maximum Gasteiger partial charge on any atom is 0.275 e. The molecule has 0 saturated heterocycles. The van der Waals surface area contributed by atoms with Gasteiger partial charge in [-0.2, -0.15) is 5.10 Å². The fourth-order valence-corrected chi connectivity index (χ4v) is 1.97. The summed E-state index contributed by atoms with van der Waals surface area (Å²) in [5.41, 5.74) is 5.51. The number of benzene rings is 2. The van der Waals surface area contributed by atoms with Crippen molar-refractivity contribution in [1.82, 2.24) is 5.43 Å². The molecule has 0 bridgehead atoms. The third-order valence-corrected chi connectivity index (χ3v) is 2.97. The van der Waals surface area contributed by atoms with Crippen LogP contribution in [0.25, 0.3) is 0 Å². The molecular formula is C16H13N3O. The summed E-state index contributed by atoms with van der Waals surface area (Å²) in [5.74, 6) is -0.202. The van der Waals surface area contributed by atoms with Crippen molar-refractivity contribution < 1.29 is 4.79 Å². The van der Waals surface area contributed by atoms with E-state index in [-0.39, 0.29) is 5.91 Å². The minimum Gasteiger partial charge on any atom is -0.361 e. The maximum absolute atomic E-state index is 11.8. The molecule has 0 fully saturated rings. The first-order chi connectivity index (χ1) is 9.84. The number of rotatable bonds is 3.